The highest BCUT2D eigenvalue weighted by molar-refractivity contribution is 5.86. The van der Waals surface area contributed by atoms with Crippen LogP contribution in [0.4, 0.5) is 0 Å². The van der Waals surface area contributed by atoms with Crippen molar-refractivity contribution in [1.29, 1.82) is 0 Å². The van der Waals surface area contributed by atoms with Crippen LogP contribution in [0.5, 0.6) is 0 Å². The number of aliphatic hydroxyl groups is 1. The summed E-state index contributed by atoms with van der Waals surface area (Å²) in [4.78, 5) is 14.9. The Morgan fingerprint density at radius 1 is 1.80 bits per heavy atom. The number of carbonyl (C=O) groups is 1. The van der Waals surface area contributed by atoms with Gasteiger partial charge in [0, 0.05) is 5.57 Å². The average Bonchev–Trinajstić information content (AvgIpc) is 1.82. The van der Waals surface area contributed by atoms with E-state index in [-0.39, 0.29) is 5.57 Å². The number of aliphatic hydroxyl groups excluding tert-OH is 1. The maximum absolute atomic E-state index is 10.6. The minimum Gasteiger partial charge on any atom is -0.376 e. The second kappa shape index (κ2) is 4.03. The Morgan fingerprint density at radius 3 is 2.60 bits per heavy atom. The second-order valence-corrected chi connectivity index (χ2v) is 1.96. The van der Waals surface area contributed by atoms with Crippen molar-refractivity contribution >= 4 is 5.97 Å². The number of hydrogen-bond acceptors (Lipinski definition) is 4. The smallest absolute Gasteiger partial charge is 0.351 e. The maximum atomic E-state index is 10.6. The molecule has 4 heteroatoms. The van der Waals surface area contributed by atoms with Gasteiger partial charge in [-0.3, -0.25) is 0 Å². The lowest BCUT2D eigenvalue weighted by Gasteiger charge is -2.06. The van der Waals surface area contributed by atoms with Gasteiger partial charge in [-0.25, -0.2) is 4.79 Å². The Balaban J connectivity index is 3.50. The van der Waals surface area contributed by atoms with E-state index in [2.05, 4.69) is 16.9 Å². The summed E-state index contributed by atoms with van der Waals surface area (Å²) in [6.45, 7) is 6.29. The fourth-order valence-electron chi connectivity index (χ4n) is 0.226. The predicted molar refractivity (Wildman–Crippen MR) is 35.7 cm³/mol. The third-order valence-corrected chi connectivity index (χ3v) is 0.671. The highest BCUT2D eigenvalue weighted by Crippen LogP contribution is 1.88. The van der Waals surface area contributed by atoms with Crippen molar-refractivity contribution in [3.63, 3.8) is 0 Å². The summed E-state index contributed by atoms with van der Waals surface area (Å²) in [5.74, 6) is -0.569. The van der Waals surface area contributed by atoms with Gasteiger partial charge >= 0.3 is 5.97 Å². The van der Waals surface area contributed by atoms with Gasteiger partial charge in [-0.1, -0.05) is 6.58 Å². The molecule has 0 aromatic carbocycles. The zero-order chi connectivity index (χ0) is 8.15. The molecular formula is C6H11NO3. The van der Waals surface area contributed by atoms with Gasteiger partial charge in [-0.05, 0) is 13.8 Å². The number of nitrogens with one attached hydrogen (secondary N) is 1. The lowest BCUT2D eigenvalue weighted by molar-refractivity contribution is -0.153. The van der Waals surface area contributed by atoms with E-state index in [1.807, 2.05) is 0 Å². The molecule has 0 aliphatic rings. The van der Waals surface area contributed by atoms with Crippen LogP contribution in [0.3, 0.4) is 0 Å². The Kier molecular flexibility index (Phi) is 3.68. The van der Waals surface area contributed by atoms with Gasteiger partial charge in [0.1, 0.15) is 6.23 Å². The highest BCUT2D eigenvalue weighted by Gasteiger charge is 2.03. The fourth-order valence-corrected chi connectivity index (χ4v) is 0.226. The third-order valence-electron chi connectivity index (χ3n) is 0.671. The molecule has 1 atom stereocenters. The SMILES string of the molecule is C=C(C)C(=O)ONC(C)O. The molecule has 4 nitrogen and oxygen atoms in total. The number of hydroxylamine groups is 1. The fraction of sp³-hybridized carbons (Fsp3) is 0.500. The summed E-state index contributed by atoms with van der Waals surface area (Å²) in [7, 11) is 0. The van der Waals surface area contributed by atoms with Crippen LogP contribution in [0.2, 0.25) is 0 Å². The largest absolute Gasteiger partial charge is 0.376 e. The average molecular weight is 145 g/mol. The van der Waals surface area contributed by atoms with E-state index in [1.165, 1.54) is 13.8 Å². The van der Waals surface area contributed by atoms with Crippen molar-refractivity contribution < 1.29 is 14.7 Å². The summed E-state index contributed by atoms with van der Waals surface area (Å²) in [6.07, 6.45) is -0.858. The number of rotatable bonds is 3. The molecule has 0 aliphatic carbocycles. The first-order chi connectivity index (χ1) is 4.54. The topological polar surface area (TPSA) is 58.6 Å². The van der Waals surface area contributed by atoms with Gasteiger partial charge in [-0.2, -0.15) is 0 Å². The number of carbonyl (C=O) groups excluding carboxylic acids is 1. The summed E-state index contributed by atoms with van der Waals surface area (Å²) >= 11 is 0. The van der Waals surface area contributed by atoms with Crippen LogP contribution < -0.4 is 5.48 Å². The van der Waals surface area contributed by atoms with Crippen molar-refractivity contribution in [2.75, 3.05) is 0 Å². The molecule has 58 valence electrons. The Bertz CT molecular complexity index is 142. The highest BCUT2D eigenvalue weighted by atomic mass is 16.7. The second-order valence-electron chi connectivity index (χ2n) is 1.96. The van der Waals surface area contributed by atoms with Crippen LogP contribution in [0.25, 0.3) is 0 Å². The van der Waals surface area contributed by atoms with Crippen molar-refractivity contribution in [1.82, 2.24) is 5.48 Å². The molecule has 0 heterocycles. The van der Waals surface area contributed by atoms with Crippen molar-refractivity contribution in [3.05, 3.63) is 12.2 Å². The first-order valence-electron chi connectivity index (χ1n) is 2.84. The van der Waals surface area contributed by atoms with Gasteiger partial charge < -0.3 is 9.94 Å². The van der Waals surface area contributed by atoms with Gasteiger partial charge in [0.2, 0.25) is 0 Å². The van der Waals surface area contributed by atoms with E-state index >= 15 is 0 Å². The first kappa shape index (κ1) is 9.13. The maximum Gasteiger partial charge on any atom is 0.351 e. The standard InChI is InChI=1S/C6H11NO3/c1-4(2)6(9)10-7-5(3)8/h5,7-8H,1H2,2-3H3. The molecule has 0 radical (unpaired) electrons. The van der Waals surface area contributed by atoms with Crippen LogP contribution in [0, 0.1) is 0 Å². The van der Waals surface area contributed by atoms with E-state index in [0.29, 0.717) is 0 Å². The molecule has 0 bridgehead atoms. The normalized spacial score (nSPS) is 12.3. The summed E-state index contributed by atoms with van der Waals surface area (Å²) in [5.41, 5.74) is 2.36. The lowest BCUT2D eigenvalue weighted by Crippen LogP contribution is -2.28. The summed E-state index contributed by atoms with van der Waals surface area (Å²) in [6, 6.07) is 0. The minimum absolute atomic E-state index is 0.285. The van der Waals surface area contributed by atoms with E-state index in [1.54, 1.807) is 0 Å². The van der Waals surface area contributed by atoms with Gasteiger partial charge in [0.05, 0.1) is 0 Å². The number of hydrogen-bond donors (Lipinski definition) is 2. The summed E-state index contributed by atoms with van der Waals surface area (Å²) in [5, 5.41) is 8.57. The molecule has 0 saturated heterocycles. The lowest BCUT2D eigenvalue weighted by atomic mass is 10.4. The Labute approximate surface area is 59.4 Å². The first-order valence-corrected chi connectivity index (χ1v) is 2.84. The van der Waals surface area contributed by atoms with Crippen molar-refractivity contribution in [2.45, 2.75) is 20.1 Å². The summed E-state index contributed by atoms with van der Waals surface area (Å²) < 4.78 is 0. The molecular weight excluding hydrogens is 134 g/mol. The molecule has 0 amide bonds. The van der Waals surface area contributed by atoms with Gasteiger partial charge in [0.25, 0.3) is 0 Å². The Morgan fingerprint density at radius 2 is 2.30 bits per heavy atom. The molecule has 1 unspecified atom stereocenters. The zero-order valence-corrected chi connectivity index (χ0v) is 6.05. The molecule has 10 heavy (non-hydrogen) atoms. The van der Waals surface area contributed by atoms with Gasteiger partial charge in [-0.15, -0.1) is 5.48 Å². The van der Waals surface area contributed by atoms with Crippen LogP contribution in [-0.4, -0.2) is 17.3 Å². The molecule has 2 N–H and O–H groups in total. The molecule has 0 saturated carbocycles. The zero-order valence-electron chi connectivity index (χ0n) is 6.05. The van der Waals surface area contributed by atoms with Crippen LogP contribution in [0.15, 0.2) is 12.2 Å². The molecule has 0 aromatic heterocycles. The molecule has 0 fully saturated rings. The minimum atomic E-state index is -0.858. The molecule has 0 rings (SSSR count). The van der Waals surface area contributed by atoms with Crippen molar-refractivity contribution in [2.24, 2.45) is 0 Å². The van der Waals surface area contributed by atoms with E-state index in [9.17, 15) is 4.79 Å². The van der Waals surface area contributed by atoms with Crippen LogP contribution in [-0.2, 0) is 9.63 Å². The molecule has 0 aromatic rings. The Hall–Kier alpha value is -0.870. The van der Waals surface area contributed by atoms with Gasteiger partial charge in [0.15, 0.2) is 0 Å². The monoisotopic (exact) mass is 145 g/mol. The van der Waals surface area contributed by atoms with E-state index in [0.717, 1.165) is 0 Å². The predicted octanol–water partition coefficient (Wildman–Crippen LogP) is -0.0514. The van der Waals surface area contributed by atoms with E-state index < -0.39 is 12.2 Å². The quantitative estimate of drug-likeness (QED) is 0.332. The van der Waals surface area contributed by atoms with Crippen LogP contribution >= 0.6 is 0 Å². The van der Waals surface area contributed by atoms with E-state index in [4.69, 9.17) is 5.11 Å². The van der Waals surface area contributed by atoms with Crippen LogP contribution in [0.1, 0.15) is 13.8 Å². The third kappa shape index (κ3) is 4.05. The molecule has 0 spiro atoms. The van der Waals surface area contributed by atoms with Crippen molar-refractivity contribution in [3.8, 4) is 0 Å². The molecule has 0 aliphatic heterocycles.